The van der Waals surface area contributed by atoms with E-state index in [0.717, 1.165) is 6.33 Å². The van der Waals surface area contributed by atoms with E-state index >= 15 is 0 Å². The smallest absolute Gasteiger partial charge is 0.425 e. The number of anilines is 1. The van der Waals surface area contributed by atoms with E-state index in [1.54, 1.807) is 41.5 Å². The number of nitrogens with zero attached hydrogens (tertiary/aromatic N) is 3. The van der Waals surface area contributed by atoms with Crippen molar-refractivity contribution in [1.82, 2.24) is 15.3 Å². The first-order valence-electron chi connectivity index (χ1n) is 9.07. The summed E-state index contributed by atoms with van der Waals surface area (Å²) in [6, 6.07) is 0. The van der Waals surface area contributed by atoms with Crippen molar-refractivity contribution < 1.29 is 33.7 Å². The Morgan fingerprint density at radius 1 is 1.10 bits per heavy atom. The third kappa shape index (κ3) is 8.68. The first-order chi connectivity index (χ1) is 13.7. The molecule has 1 aromatic rings. The Labute approximate surface area is 179 Å². The second-order valence-electron chi connectivity index (χ2n) is 8.05. The van der Waals surface area contributed by atoms with Crippen LogP contribution < -0.4 is 15.0 Å². The number of halogens is 1. The summed E-state index contributed by atoms with van der Waals surface area (Å²) < 4.78 is 15.7. The summed E-state index contributed by atoms with van der Waals surface area (Å²) in [5, 5.41) is 11.8. The van der Waals surface area contributed by atoms with Crippen LogP contribution in [0.25, 0.3) is 0 Å². The van der Waals surface area contributed by atoms with E-state index in [0.29, 0.717) is 6.42 Å². The summed E-state index contributed by atoms with van der Waals surface area (Å²) in [4.78, 5) is 43.5. The second-order valence-corrected chi connectivity index (χ2v) is 8.40. The van der Waals surface area contributed by atoms with Crippen molar-refractivity contribution in [3.8, 4) is 5.75 Å². The van der Waals surface area contributed by atoms with Crippen LogP contribution in [0.4, 0.5) is 20.2 Å². The number of nitrogens with one attached hydrogen (secondary N) is 1. The number of carboxylic acid groups (broad SMARTS) is 1. The first kappa shape index (κ1) is 25.2. The molecule has 1 heterocycles. The molecule has 1 rings (SSSR count). The van der Waals surface area contributed by atoms with E-state index in [-0.39, 0.29) is 34.8 Å². The lowest BCUT2D eigenvalue weighted by atomic mass is 10.2. The number of rotatable bonds is 6. The van der Waals surface area contributed by atoms with Gasteiger partial charge in [-0.2, -0.15) is 4.90 Å². The standard InChI is InChI=1S/C18H27ClN4O7/c1-17(2,3)29-14(24)20-8-7-9-28-11-12(19)21-10-22-13(11)23(15(25)26)16(27)30-18(4,5)6/h10H,7-9H2,1-6H3,(H,20,24)(H,25,26). The van der Waals surface area contributed by atoms with Gasteiger partial charge in [0, 0.05) is 6.54 Å². The summed E-state index contributed by atoms with van der Waals surface area (Å²) in [5.41, 5.74) is -1.55. The van der Waals surface area contributed by atoms with E-state index in [1.165, 1.54) is 0 Å². The molecule has 3 amide bonds. The lowest BCUT2D eigenvalue weighted by Crippen LogP contribution is -2.41. The molecular weight excluding hydrogens is 420 g/mol. The van der Waals surface area contributed by atoms with E-state index in [9.17, 15) is 19.5 Å². The number of hydrogen-bond donors (Lipinski definition) is 2. The summed E-state index contributed by atoms with van der Waals surface area (Å²) in [6.07, 6.45) is -2.04. The van der Waals surface area contributed by atoms with Crippen LogP contribution in [0.2, 0.25) is 5.15 Å². The average molecular weight is 447 g/mol. The number of carbonyl (C=O) groups is 3. The molecule has 1 aromatic heterocycles. The van der Waals surface area contributed by atoms with Crippen LogP contribution in [0.15, 0.2) is 6.33 Å². The molecule has 0 aromatic carbocycles. The monoisotopic (exact) mass is 446 g/mol. The van der Waals surface area contributed by atoms with Crippen molar-refractivity contribution in [3.63, 3.8) is 0 Å². The van der Waals surface area contributed by atoms with Gasteiger partial charge in [0.2, 0.25) is 5.75 Å². The van der Waals surface area contributed by atoms with Gasteiger partial charge in [0.1, 0.15) is 17.5 Å². The maximum atomic E-state index is 12.3. The molecule has 0 bridgehead atoms. The Bertz CT molecular complexity index is 775. The van der Waals surface area contributed by atoms with Crippen LogP contribution in [0, 0.1) is 0 Å². The third-order valence-corrected chi connectivity index (χ3v) is 3.23. The second kappa shape index (κ2) is 10.3. The van der Waals surface area contributed by atoms with Gasteiger partial charge in [0.15, 0.2) is 11.0 Å². The molecular formula is C18H27ClN4O7. The Hall–Kier alpha value is -2.82. The molecule has 0 aliphatic heterocycles. The molecule has 0 aliphatic rings. The van der Waals surface area contributed by atoms with Gasteiger partial charge in [0.05, 0.1) is 6.61 Å². The fraction of sp³-hybridized carbons (Fsp3) is 0.611. The highest BCUT2D eigenvalue weighted by atomic mass is 35.5. The van der Waals surface area contributed by atoms with Gasteiger partial charge in [-0.05, 0) is 48.0 Å². The number of alkyl carbamates (subject to hydrolysis) is 1. The molecule has 2 N–H and O–H groups in total. The SMILES string of the molecule is CC(C)(C)OC(=O)NCCCOc1c(Cl)ncnc1N(C(=O)O)C(=O)OC(C)(C)C. The van der Waals surface area contributed by atoms with Gasteiger partial charge in [-0.15, -0.1) is 0 Å². The predicted octanol–water partition coefficient (Wildman–Crippen LogP) is 3.84. The molecule has 168 valence electrons. The van der Waals surface area contributed by atoms with Crippen LogP contribution in [-0.4, -0.2) is 57.7 Å². The van der Waals surface area contributed by atoms with Crippen molar-refractivity contribution in [2.45, 2.75) is 59.2 Å². The molecule has 0 spiro atoms. The predicted molar refractivity (Wildman–Crippen MR) is 108 cm³/mol. The van der Waals surface area contributed by atoms with Crippen LogP contribution >= 0.6 is 11.6 Å². The van der Waals surface area contributed by atoms with E-state index in [2.05, 4.69) is 15.3 Å². The lowest BCUT2D eigenvalue weighted by molar-refractivity contribution is 0.0521. The highest BCUT2D eigenvalue weighted by Gasteiger charge is 2.33. The van der Waals surface area contributed by atoms with E-state index < -0.39 is 29.5 Å². The van der Waals surface area contributed by atoms with Crippen molar-refractivity contribution in [2.24, 2.45) is 0 Å². The highest BCUT2D eigenvalue weighted by molar-refractivity contribution is 6.31. The van der Waals surface area contributed by atoms with Gasteiger partial charge >= 0.3 is 18.3 Å². The average Bonchev–Trinajstić information content (AvgIpc) is 2.53. The molecule has 0 aliphatic carbocycles. The zero-order chi connectivity index (χ0) is 23.1. The van der Waals surface area contributed by atoms with Crippen molar-refractivity contribution in [2.75, 3.05) is 18.1 Å². The molecule has 0 unspecified atom stereocenters. The van der Waals surface area contributed by atoms with Crippen LogP contribution in [-0.2, 0) is 9.47 Å². The van der Waals surface area contributed by atoms with Crippen LogP contribution in [0.3, 0.4) is 0 Å². The van der Waals surface area contributed by atoms with E-state index in [4.69, 9.17) is 25.8 Å². The maximum absolute atomic E-state index is 12.3. The molecule has 0 saturated heterocycles. The molecule has 0 saturated carbocycles. The molecule has 30 heavy (non-hydrogen) atoms. The quantitative estimate of drug-likeness (QED) is 0.492. The van der Waals surface area contributed by atoms with Crippen LogP contribution in [0.1, 0.15) is 48.0 Å². The minimum absolute atomic E-state index is 0.0255. The zero-order valence-electron chi connectivity index (χ0n) is 17.8. The van der Waals surface area contributed by atoms with E-state index in [1.807, 2.05) is 0 Å². The first-order valence-corrected chi connectivity index (χ1v) is 9.45. The third-order valence-electron chi connectivity index (χ3n) is 2.96. The lowest BCUT2D eigenvalue weighted by Gasteiger charge is -2.24. The summed E-state index contributed by atoms with van der Waals surface area (Å²) >= 11 is 6.01. The Kier molecular flexibility index (Phi) is 8.64. The summed E-state index contributed by atoms with van der Waals surface area (Å²) in [6.45, 7) is 10.3. The largest absolute Gasteiger partial charge is 0.487 e. The number of amides is 3. The Morgan fingerprint density at radius 2 is 1.70 bits per heavy atom. The molecule has 0 radical (unpaired) electrons. The van der Waals surface area contributed by atoms with Gasteiger partial charge in [-0.25, -0.2) is 24.4 Å². The van der Waals surface area contributed by atoms with Gasteiger partial charge < -0.3 is 24.6 Å². The minimum atomic E-state index is -1.63. The number of ether oxygens (including phenoxy) is 3. The maximum Gasteiger partial charge on any atom is 0.425 e. The van der Waals surface area contributed by atoms with Gasteiger partial charge in [-0.3, -0.25) is 0 Å². The fourth-order valence-electron chi connectivity index (χ4n) is 1.94. The van der Waals surface area contributed by atoms with Gasteiger partial charge in [-0.1, -0.05) is 11.6 Å². The van der Waals surface area contributed by atoms with Crippen molar-refractivity contribution in [3.05, 3.63) is 11.5 Å². The number of aromatic nitrogens is 2. The number of imide groups is 1. The number of carbonyl (C=O) groups excluding carboxylic acids is 2. The summed E-state index contributed by atoms with van der Waals surface area (Å²) in [5.74, 6) is -0.582. The molecule has 12 heteroatoms. The van der Waals surface area contributed by atoms with Crippen molar-refractivity contribution in [1.29, 1.82) is 0 Å². The van der Waals surface area contributed by atoms with Crippen LogP contribution in [0.5, 0.6) is 5.75 Å². The Balaban J connectivity index is 2.83. The zero-order valence-corrected chi connectivity index (χ0v) is 18.6. The number of hydrogen-bond acceptors (Lipinski definition) is 8. The molecule has 0 atom stereocenters. The molecule has 11 nitrogen and oxygen atoms in total. The topological polar surface area (TPSA) is 140 Å². The molecule has 0 fully saturated rings. The minimum Gasteiger partial charge on any atom is -0.487 e. The fourth-order valence-corrected chi connectivity index (χ4v) is 2.12. The van der Waals surface area contributed by atoms with Crippen molar-refractivity contribution >= 4 is 35.7 Å². The summed E-state index contributed by atoms with van der Waals surface area (Å²) in [7, 11) is 0. The Morgan fingerprint density at radius 3 is 2.23 bits per heavy atom. The highest BCUT2D eigenvalue weighted by Crippen LogP contribution is 2.33. The van der Waals surface area contributed by atoms with Gasteiger partial charge in [0.25, 0.3) is 0 Å². The normalized spacial score (nSPS) is 11.4.